The van der Waals surface area contributed by atoms with Gasteiger partial charge in [0.15, 0.2) is 5.67 Å². The van der Waals surface area contributed by atoms with Crippen LogP contribution in [-0.2, 0) is 38.1 Å². The maximum absolute atomic E-state index is 14.7. The second-order valence-corrected chi connectivity index (χ2v) is 9.58. The molecular formula is C25H27FN4O5. The quantitative estimate of drug-likeness (QED) is 0.597. The summed E-state index contributed by atoms with van der Waals surface area (Å²) >= 11 is 0. The number of hydrogen-bond donors (Lipinski definition) is 1. The normalized spacial score (nSPS) is 22.7. The summed E-state index contributed by atoms with van der Waals surface area (Å²) in [5.74, 6) is 0.870. The Morgan fingerprint density at radius 1 is 1.26 bits per heavy atom. The molecule has 1 amide bonds. The van der Waals surface area contributed by atoms with Crippen molar-refractivity contribution in [3.05, 3.63) is 35.8 Å². The first-order valence-electron chi connectivity index (χ1n) is 11.7. The molecule has 1 spiro atoms. The second kappa shape index (κ2) is 8.25. The summed E-state index contributed by atoms with van der Waals surface area (Å²) < 4.78 is 39.8. The molecule has 0 saturated carbocycles. The van der Waals surface area contributed by atoms with Crippen molar-refractivity contribution in [1.29, 1.82) is 0 Å². The van der Waals surface area contributed by atoms with Crippen LogP contribution in [0.3, 0.4) is 0 Å². The van der Waals surface area contributed by atoms with Gasteiger partial charge >= 0.3 is 0 Å². The molecule has 3 aromatic heterocycles. The van der Waals surface area contributed by atoms with Gasteiger partial charge in [-0.15, -0.1) is 0 Å². The van der Waals surface area contributed by atoms with Crippen molar-refractivity contribution in [2.75, 3.05) is 45.0 Å². The van der Waals surface area contributed by atoms with Gasteiger partial charge in [0.05, 0.1) is 49.5 Å². The molecule has 1 unspecified atom stereocenters. The van der Waals surface area contributed by atoms with E-state index in [2.05, 4.69) is 10.3 Å². The number of fused-ring (bicyclic) bond motifs is 3. The molecule has 10 heteroatoms. The Hall–Kier alpha value is -3.08. The van der Waals surface area contributed by atoms with Gasteiger partial charge in [-0.3, -0.25) is 4.79 Å². The number of halogens is 1. The fourth-order valence-electron chi connectivity index (χ4n) is 5.04. The average Bonchev–Trinajstić information content (AvgIpc) is 3.41. The third-order valence-corrected chi connectivity index (χ3v) is 6.89. The molecule has 184 valence electrons. The number of hydrogen-bond acceptors (Lipinski definition) is 7. The minimum absolute atomic E-state index is 0.0380. The van der Waals surface area contributed by atoms with Crippen LogP contribution in [0.2, 0.25) is 0 Å². The van der Waals surface area contributed by atoms with E-state index >= 15 is 0 Å². The van der Waals surface area contributed by atoms with Crippen molar-refractivity contribution in [2.45, 2.75) is 31.0 Å². The number of rotatable bonds is 5. The van der Waals surface area contributed by atoms with Gasteiger partial charge in [-0.2, -0.15) is 0 Å². The minimum atomic E-state index is -1.48. The van der Waals surface area contributed by atoms with Gasteiger partial charge in [-0.1, -0.05) is 0 Å². The number of nitrogens with one attached hydrogen (secondary N) is 1. The molecule has 3 aliphatic rings. The Bertz CT molecular complexity index is 1310. The van der Waals surface area contributed by atoms with E-state index in [0.29, 0.717) is 49.9 Å². The highest BCUT2D eigenvalue weighted by Crippen LogP contribution is 2.44. The molecule has 3 aliphatic heterocycles. The monoisotopic (exact) mass is 482 g/mol. The van der Waals surface area contributed by atoms with Crippen molar-refractivity contribution in [3.63, 3.8) is 0 Å². The number of amides is 1. The molecule has 1 atom stereocenters. The van der Waals surface area contributed by atoms with Crippen LogP contribution < -0.4 is 10.1 Å². The summed E-state index contributed by atoms with van der Waals surface area (Å²) in [6.07, 6.45) is 5.02. The molecule has 0 aromatic carbocycles. The van der Waals surface area contributed by atoms with Crippen LogP contribution in [0.1, 0.15) is 24.6 Å². The predicted octanol–water partition coefficient (Wildman–Crippen LogP) is 2.90. The molecule has 2 saturated heterocycles. The molecule has 1 N–H and O–H groups in total. The highest BCUT2D eigenvalue weighted by Gasteiger charge is 2.45. The van der Waals surface area contributed by atoms with Crippen molar-refractivity contribution in [1.82, 2.24) is 14.5 Å². The molecule has 3 aromatic rings. The first kappa shape index (κ1) is 22.4. The van der Waals surface area contributed by atoms with E-state index in [1.165, 1.54) is 6.92 Å². The number of aryl methyl sites for hydroxylation is 1. The predicted molar refractivity (Wildman–Crippen MR) is 125 cm³/mol. The van der Waals surface area contributed by atoms with Gasteiger partial charge in [0.1, 0.15) is 23.8 Å². The zero-order chi connectivity index (χ0) is 24.2. The topological polar surface area (TPSA) is 96.7 Å². The van der Waals surface area contributed by atoms with Gasteiger partial charge in [0.2, 0.25) is 5.91 Å². The SMILES string of the molecule is CC(=O)Nc1cc2c(-c3cc(OCC4(F)COC4)c4c(n3)C3(CCOC3)OCC4)cn(C)c2cn1. The smallest absolute Gasteiger partial charge is 0.222 e. The Labute approximate surface area is 201 Å². The lowest BCUT2D eigenvalue weighted by molar-refractivity contribution is -0.146. The molecule has 6 rings (SSSR count). The van der Waals surface area contributed by atoms with Crippen molar-refractivity contribution < 1.29 is 28.1 Å². The summed E-state index contributed by atoms with van der Waals surface area (Å²) in [5.41, 5.74) is 2.04. The third kappa shape index (κ3) is 3.85. The number of alkyl halides is 1. The summed E-state index contributed by atoms with van der Waals surface area (Å²) in [5, 5.41) is 3.62. The fraction of sp³-hybridized carbons (Fsp3) is 0.480. The molecule has 9 nitrogen and oxygen atoms in total. The number of pyridine rings is 2. The van der Waals surface area contributed by atoms with E-state index < -0.39 is 11.3 Å². The lowest BCUT2D eigenvalue weighted by Gasteiger charge is -2.36. The number of ether oxygens (including phenoxy) is 4. The van der Waals surface area contributed by atoms with Crippen LogP contribution in [0.4, 0.5) is 10.2 Å². The van der Waals surface area contributed by atoms with Crippen LogP contribution in [0.25, 0.3) is 22.2 Å². The third-order valence-electron chi connectivity index (χ3n) is 6.89. The van der Waals surface area contributed by atoms with E-state index in [1.54, 1.807) is 6.20 Å². The number of carbonyl (C=O) groups is 1. The van der Waals surface area contributed by atoms with Gasteiger partial charge in [-0.25, -0.2) is 14.4 Å². The zero-order valence-corrected chi connectivity index (χ0v) is 19.7. The van der Waals surface area contributed by atoms with E-state index in [4.69, 9.17) is 23.9 Å². The standard InChI is InChI=1S/C25H27FN4O5/c1-15(31)28-22-7-17-18(10-30(2)20(17)9-27-22)19-8-21(34-13-24(26)11-33-12-24)16-3-5-35-25(23(16)29-19)4-6-32-14-25/h7-10H,3-6,11-14H2,1-2H3,(H,27,28,31). The molecule has 2 fully saturated rings. The Morgan fingerprint density at radius 3 is 2.83 bits per heavy atom. The van der Waals surface area contributed by atoms with Crippen LogP contribution in [0.5, 0.6) is 5.75 Å². The second-order valence-electron chi connectivity index (χ2n) is 9.58. The van der Waals surface area contributed by atoms with Gasteiger partial charge < -0.3 is 28.8 Å². The molecule has 0 radical (unpaired) electrons. The minimum Gasteiger partial charge on any atom is -0.490 e. The van der Waals surface area contributed by atoms with Crippen molar-refractivity contribution in [3.8, 4) is 17.0 Å². The first-order chi connectivity index (χ1) is 16.9. The molecule has 6 heterocycles. The van der Waals surface area contributed by atoms with Crippen LogP contribution in [-0.4, -0.2) is 65.8 Å². The maximum atomic E-state index is 14.7. The highest BCUT2D eigenvalue weighted by molar-refractivity contribution is 5.98. The molecule has 0 bridgehead atoms. The van der Waals surface area contributed by atoms with Crippen LogP contribution in [0.15, 0.2) is 24.5 Å². The lowest BCUT2D eigenvalue weighted by atomic mass is 9.89. The number of carbonyl (C=O) groups excluding carboxylic acids is 1. The van der Waals surface area contributed by atoms with Crippen LogP contribution in [0, 0.1) is 0 Å². The summed E-state index contributed by atoms with van der Waals surface area (Å²) in [4.78, 5) is 21.0. The fourth-order valence-corrected chi connectivity index (χ4v) is 5.04. The number of aromatic nitrogens is 3. The van der Waals surface area contributed by atoms with Gasteiger partial charge in [0, 0.05) is 62.2 Å². The van der Waals surface area contributed by atoms with Crippen molar-refractivity contribution in [2.24, 2.45) is 7.05 Å². The van der Waals surface area contributed by atoms with E-state index in [9.17, 15) is 9.18 Å². The first-order valence-corrected chi connectivity index (χ1v) is 11.7. The Kier molecular flexibility index (Phi) is 5.28. The number of nitrogens with zero attached hydrogens (tertiary/aromatic N) is 3. The van der Waals surface area contributed by atoms with E-state index in [-0.39, 0.29) is 25.7 Å². The Balaban J connectivity index is 1.49. The lowest BCUT2D eigenvalue weighted by Crippen LogP contribution is -2.50. The van der Waals surface area contributed by atoms with Crippen molar-refractivity contribution >= 4 is 22.6 Å². The van der Waals surface area contributed by atoms with E-state index in [1.807, 2.05) is 29.9 Å². The molecule has 0 aliphatic carbocycles. The molecule has 35 heavy (non-hydrogen) atoms. The van der Waals surface area contributed by atoms with Crippen LogP contribution >= 0.6 is 0 Å². The summed E-state index contributed by atoms with van der Waals surface area (Å²) in [6.45, 7) is 2.97. The largest absolute Gasteiger partial charge is 0.490 e. The zero-order valence-electron chi connectivity index (χ0n) is 19.7. The van der Waals surface area contributed by atoms with Gasteiger partial charge in [0.25, 0.3) is 0 Å². The van der Waals surface area contributed by atoms with E-state index in [0.717, 1.165) is 27.7 Å². The molecular weight excluding hydrogens is 455 g/mol. The summed E-state index contributed by atoms with van der Waals surface area (Å²) in [6, 6.07) is 3.71. The Morgan fingerprint density at radius 2 is 2.11 bits per heavy atom. The average molecular weight is 483 g/mol. The maximum Gasteiger partial charge on any atom is 0.222 e. The summed E-state index contributed by atoms with van der Waals surface area (Å²) in [7, 11) is 1.93. The number of anilines is 1. The van der Waals surface area contributed by atoms with Gasteiger partial charge in [-0.05, 0) is 6.07 Å². The highest BCUT2D eigenvalue weighted by atomic mass is 19.1.